The predicted molar refractivity (Wildman–Crippen MR) is 94.0 cm³/mol. The standard InChI is InChI=1S/C19H25N3O3/c1-19(2)9-7-15(8-10-19)20-17(23)13-5-4-6-14(11-13)18-22-21-16(25-18)12-24-3/h4-6,11,15H,7-10,12H2,1-3H3,(H,20,23). The first kappa shape index (κ1) is 17.6. The van der Waals surface area contributed by atoms with Crippen molar-refractivity contribution in [2.45, 2.75) is 52.2 Å². The third kappa shape index (κ3) is 4.45. The maximum absolute atomic E-state index is 12.6. The molecule has 1 amide bonds. The van der Waals surface area contributed by atoms with Gasteiger partial charge in [-0.3, -0.25) is 4.79 Å². The molecule has 0 spiro atoms. The molecule has 25 heavy (non-hydrogen) atoms. The van der Waals surface area contributed by atoms with Crippen LogP contribution in [-0.4, -0.2) is 29.3 Å². The molecule has 1 fully saturated rings. The topological polar surface area (TPSA) is 77.2 Å². The molecule has 0 atom stereocenters. The molecule has 0 radical (unpaired) electrons. The molecule has 134 valence electrons. The van der Waals surface area contributed by atoms with Crippen LogP contribution in [0.3, 0.4) is 0 Å². The Hall–Kier alpha value is -2.21. The van der Waals surface area contributed by atoms with Crippen LogP contribution < -0.4 is 5.32 Å². The molecule has 0 bridgehead atoms. The average molecular weight is 343 g/mol. The van der Waals surface area contributed by atoms with Gasteiger partial charge in [0.2, 0.25) is 11.8 Å². The van der Waals surface area contributed by atoms with Gasteiger partial charge >= 0.3 is 0 Å². The second kappa shape index (κ2) is 7.35. The van der Waals surface area contributed by atoms with Crippen LogP contribution in [0.25, 0.3) is 11.5 Å². The summed E-state index contributed by atoms with van der Waals surface area (Å²) in [5.74, 6) is 0.751. The van der Waals surface area contributed by atoms with E-state index >= 15 is 0 Å². The van der Waals surface area contributed by atoms with Crippen molar-refractivity contribution in [3.63, 3.8) is 0 Å². The first-order valence-electron chi connectivity index (χ1n) is 8.69. The Morgan fingerprint density at radius 3 is 2.80 bits per heavy atom. The van der Waals surface area contributed by atoms with Crippen molar-refractivity contribution in [3.05, 3.63) is 35.7 Å². The van der Waals surface area contributed by atoms with Crippen LogP contribution in [0, 0.1) is 5.41 Å². The van der Waals surface area contributed by atoms with E-state index in [1.165, 1.54) is 0 Å². The van der Waals surface area contributed by atoms with Crippen LogP contribution in [0.1, 0.15) is 55.8 Å². The van der Waals surface area contributed by atoms with Gasteiger partial charge in [0.25, 0.3) is 5.91 Å². The van der Waals surface area contributed by atoms with Gasteiger partial charge in [0.1, 0.15) is 6.61 Å². The number of aromatic nitrogens is 2. The normalized spacial score (nSPS) is 17.4. The molecule has 1 aliphatic carbocycles. The molecule has 6 heteroatoms. The molecule has 1 aromatic carbocycles. The van der Waals surface area contributed by atoms with E-state index in [0.29, 0.717) is 22.8 Å². The highest BCUT2D eigenvalue weighted by Crippen LogP contribution is 2.35. The van der Waals surface area contributed by atoms with Crippen LogP contribution in [0.5, 0.6) is 0 Å². The highest BCUT2D eigenvalue weighted by molar-refractivity contribution is 5.95. The van der Waals surface area contributed by atoms with Crippen LogP contribution in [0.4, 0.5) is 0 Å². The summed E-state index contributed by atoms with van der Waals surface area (Å²) in [6.07, 6.45) is 4.34. The Kier molecular flexibility index (Phi) is 5.18. The summed E-state index contributed by atoms with van der Waals surface area (Å²) in [6, 6.07) is 7.52. The molecule has 1 heterocycles. The molecule has 2 aromatic rings. The van der Waals surface area contributed by atoms with Crippen molar-refractivity contribution >= 4 is 5.91 Å². The summed E-state index contributed by atoms with van der Waals surface area (Å²) < 4.78 is 10.5. The first-order chi connectivity index (χ1) is 12.0. The van der Waals surface area contributed by atoms with Gasteiger partial charge in [-0.1, -0.05) is 19.9 Å². The van der Waals surface area contributed by atoms with Gasteiger partial charge in [-0.25, -0.2) is 0 Å². The van der Waals surface area contributed by atoms with Gasteiger partial charge in [-0.15, -0.1) is 10.2 Å². The lowest BCUT2D eigenvalue weighted by molar-refractivity contribution is 0.0909. The zero-order valence-electron chi connectivity index (χ0n) is 15.0. The number of hydrogen-bond donors (Lipinski definition) is 1. The quantitative estimate of drug-likeness (QED) is 0.898. The van der Waals surface area contributed by atoms with Crippen molar-refractivity contribution < 1.29 is 13.9 Å². The third-order valence-corrected chi connectivity index (χ3v) is 4.78. The maximum Gasteiger partial charge on any atom is 0.251 e. The molecule has 0 unspecified atom stereocenters. The van der Waals surface area contributed by atoms with Crippen molar-refractivity contribution in [2.24, 2.45) is 5.41 Å². The van der Waals surface area contributed by atoms with Crippen LogP contribution in [0.15, 0.2) is 28.7 Å². The Labute approximate surface area is 148 Å². The first-order valence-corrected chi connectivity index (χ1v) is 8.69. The summed E-state index contributed by atoms with van der Waals surface area (Å²) in [5.41, 5.74) is 1.72. The lowest BCUT2D eigenvalue weighted by atomic mass is 9.75. The lowest BCUT2D eigenvalue weighted by Crippen LogP contribution is -2.39. The molecule has 0 saturated heterocycles. The number of benzene rings is 1. The number of hydrogen-bond acceptors (Lipinski definition) is 5. The molecule has 0 aliphatic heterocycles. The highest BCUT2D eigenvalue weighted by Gasteiger charge is 2.27. The molecular weight excluding hydrogens is 318 g/mol. The fourth-order valence-corrected chi connectivity index (χ4v) is 3.16. The summed E-state index contributed by atoms with van der Waals surface area (Å²) in [6.45, 7) is 4.85. The van der Waals surface area contributed by atoms with E-state index in [1.54, 1.807) is 19.2 Å². The van der Waals surface area contributed by atoms with Crippen LogP contribution in [-0.2, 0) is 11.3 Å². The fraction of sp³-hybridized carbons (Fsp3) is 0.526. The number of nitrogens with one attached hydrogen (secondary N) is 1. The zero-order valence-corrected chi connectivity index (χ0v) is 15.0. The molecule has 6 nitrogen and oxygen atoms in total. The SMILES string of the molecule is COCc1nnc(-c2cccc(C(=O)NC3CCC(C)(C)CC3)c2)o1. The fourth-order valence-electron chi connectivity index (χ4n) is 3.16. The molecular formula is C19H25N3O3. The number of rotatable bonds is 5. The minimum atomic E-state index is -0.0526. The van der Waals surface area contributed by atoms with Crippen LogP contribution in [0.2, 0.25) is 0 Å². The maximum atomic E-state index is 12.6. The number of ether oxygens (including phenoxy) is 1. The Morgan fingerprint density at radius 1 is 1.32 bits per heavy atom. The summed E-state index contributed by atoms with van der Waals surface area (Å²) in [7, 11) is 1.57. The van der Waals surface area contributed by atoms with E-state index in [-0.39, 0.29) is 18.6 Å². The molecule has 1 N–H and O–H groups in total. The van der Waals surface area contributed by atoms with Gasteiger partial charge in [-0.2, -0.15) is 0 Å². The highest BCUT2D eigenvalue weighted by atomic mass is 16.5. The minimum Gasteiger partial charge on any atom is -0.418 e. The van der Waals surface area contributed by atoms with Crippen molar-refractivity contribution in [3.8, 4) is 11.5 Å². The summed E-state index contributed by atoms with van der Waals surface area (Å²) >= 11 is 0. The molecule has 1 aromatic heterocycles. The lowest BCUT2D eigenvalue weighted by Gasteiger charge is -2.34. The number of amides is 1. The van der Waals surface area contributed by atoms with E-state index in [4.69, 9.17) is 9.15 Å². The van der Waals surface area contributed by atoms with Gasteiger partial charge in [0.15, 0.2) is 0 Å². The zero-order chi connectivity index (χ0) is 17.9. The molecule has 1 saturated carbocycles. The number of nitrogens with zero attached hydrogens (tertiary/aromatic N) is 2. The number of carbonyl (C=O) groups excluding carboxylic acids is 1. The molecule has 3 rings (SSSR count). The molecule has 1 aliphatic rings. The Bertz CT molecular complexity index is 729. The third-order valence-electron chi connectivity index (χ3n) is 4.78. The van der Waals surface area contributed by atoms with Gasteiger partial charge < -0.3 is 14.5 Å². The van der Waals surface area contributed by atoms with E-state index in [9.17, 15) is 4.79 Å². The number of methoxy groups -OCH3 is 1. The van der Waals surface area contributed by atoms with E-state index in [1.807, 2.05) is 12.1 Å². The smallest absolute Gasteiger partial charge is 0.251 e. The van der Waals surface area contributed by atoms with Crippen molar-refractivity contribution in [2.75, 3.05) is 7.11 Å². The van der Waals surface area contributed by atoms with E-state index in [0.717, 1.165) is 31.2 Å². The second-order valence-corrected chi connectivity index (χ2v) is 7.43. The predicted octanol–water partition coefficient (Wildman–Crippen LogP) is 3.58. The number of carbonyl (C=O) groups is 1. The van der Waals surface area contributed by atoms with Gasteiger partial charge in [0, 0.05) is 24.3 Å². The largest absolute Gasteiger partial charge is 0.418 e. The second-order valence-electron chi connectivity index (χ2n) is 7.43. The Balaban J connectivity index is 1.67. The van der Waals surface area contributed by atoms with Crippen LogP contribution >= 0.6 is 0 Å². The van der Waals surface area contributed by atoms with E-state index < -0.39 is 0 Å². The average Bonchev–Trinajstić information content (AvgIpc) is 3.06. The van der Waals surface area contributed by atoms with E-state index in [2.05, 4.69) is 29.4 Å². The van der Waals surface area contributed by atoms with Gasteiger partial charge in [0.05, 0.1) is 0 Å². The summed E-state index contributed by atoms with van der Waals surface area (Å²) in [4.78, 5) is 12.6. The minimum absolute atomic E-state index is 0.0526. The monoisotopic (exact) mass is 343 g/mol. The van der Waals surface area contributed by atoms with Crippen molar-refractivity contribution in [1.29, 1.82) is 0 Å². The van der Waals surface area contributed by atoms with Gasteiger partial charge in [-0.05, 0) is 49.3 Å². The summed E-state index contributed by atoms with van der Waals surface area (Å²) in [5, 5.41) is 11.1. The Morgan fingerprint density at radius 2 is 2.08 bits per heavy atom. The van der Waals surface area contributed by atoms with Crippen molar-refractivity contribution in [1.82, 2.24) is 15.5 Å².